The summed E-state index contributed by atoms with van der Waals surface area (Å²) in [6.07, 6.45) is 3.67. The number of halogens is 2. The number of carbonyl (C=O) groups is 1. The summed E-state index contributed by atoms with van der Waals surface area (Å²) in [4.78, 5) is 12.2. The molecule has 1 aromatic rings. The van der Waals surface area contributed by atoms with Gasteiger partial charge in [-0.05, 0) is 43.7 Å². The molecule has 2 rings (SSSR count). The predicted molar refractivity (Wildman–Crippen MR) is 66.5 cm³/mol. The lowest BCUT2D eigenvalue weighted by Gasteiger charge is -2.11. The van der Waals surface area contributed by atoms with Gasteiger partial charge in [0.1, 0.15) is 0 Å². The number of rotatable bonds is 3. The Balaban J connectivity index is 2.22. The summed E-state index contributed by atoms with van der Waals surface area (Å²) >= 11 is 0. The van der Waals surface area contributed by atoms with Crippen molar-refractivity contribution in [3.63, 3.8) is 0 Å². The summed E-state index contributed by atoms with van der Waals surface area (Å²) in [6.45, 7) is 3.60. The maximum absolute atomic E-state index is 13.7. The van der Waals surface area contributed by atoms with Crippen LogP contribution in [0, 0.1) is 30.4 Å². The molecule has 0 heterocycles. The van der Waals surface area contributed by atoms with Crippen molar-refractivity contribution >= 4 is 5.78 Å². The minimum absolute atomic E-state index is 0.0835. The first-order valence-electron chi connectivity index (χ1n) is 6.53. The van der Waals surface area contributed by atoms with Crippen molar-refractivity contribution in [3.8, 4) is 0 Å². The standard InChI is InChI=1S/C15H18F2O/c1-3-10-5-6-11(8-10)15(18)12-7-4-9(2)13(16)14(12)17/h4,7,10-11H,3,5-6,8H2,1-2H3. The molecule has 0 aliphatic heterocycles. The summed E-state index contributed by atoms with van der Waals surface area (Å²) < 4.78 is 27.2. The molecule has 0 amide bonds. The topological polar surface area (TPSA) is 17.1 Å². The Bertz CT molecular complexity index is 468. The van der Waals surface area contributed by atoms with Crippen molar-refractivity contribution in [2.45, 2.75) is 39.5 Å². The van der Waals surface area contributed by atoms with Crippen molar-refractivity contribution in [2.75, 3.05) is 0 Å². The van der Waals surface area contributed by atoms with Crippen molar-refractivity contribution in [2.24, 2.45) is 11.8 Å². The Morgan fingerprint density at radius 1 is 1.28 bits per heavy atom. The lowest BCUT2D eigenvalue weighted by atomic mass is 9.93. The molecule has 0 saturated heterocycles. The van der Waals surface area contributed by atoms with Crippen molar-refractivity contribution in [1.29, 1.82) is 0 Å². The predicted octanol–water partition coefficient (Wildman–Crippen LogP) is 4.28. The number of Topliss-reactive ketones (excluding diaryl/α,β-unsaturated/α-hetero) is 1. The summed E-state index contributed by atoms with van der Waals surface area (Å²) in [7, 11) is 0. The molecule has 3 heteroatoms. The van der Waals surface area contributed by atoms with Gasteiger partial charge in [-0.1, -0.05) is 19.4 Å². The SMILES string of the molecule is CCC1CCC(C(=O)c2ccc(C)c(F)c2F)C1. The van der Waals surface area contributed by atoms with Gasteiger partial charge in [-0.2, -0.15) is 0 Å². The Morgan fingerprint density at radius 2 is 2.00 bits per heavy atom. The van der Waals surface area contributed by atoms with E-state index >= 15 is 0 Å². The third-order valence-corrected chi connectivity index (χ3v) is 4.03. The van der Waals surface area contributed by atoms with Crippen LogP contribution in [0.2, 0.25) is 0 Å². The molecule has 0 spiro atoms. The van der Waals surface area contributed by atoms with Crippen LogP contribution in [0.15, 0.2) is 12.1 Å². The van der Waals surface area contributed by atoms with Gasteiger partial charge in [0, 0.05) is 5.92 Å². The summed E-state index contributed by atoms with van der Waals surface area (Å²) in [5, 5.41) is 0. The highest BCUT2D eigenvalue weighted by atomic mass is 19.2. The second-order valence-corrected chi connectivity index (χ2v) is 5.21. The highest BCUT2D eigenvalue weighted by Crippen LogP contribution is 2.35. The van der Waals surface area contributed by atoms with Gasteiger partial charge in [0.25, 0.3) is 0 Å². The molecule has 1 nitrogen and oxygen atoms in total. The normalized spacial score (nSPS) is 23.3. The van der Waals surface area contributed by atoms with E-state index in [0.717, 1.165) is 25.7 Å². The van der Waals surface area contributed by atoms with E-state index in [4.69, 9.17) is 0 Å². The Labute approximate surface area is 106 Å². The van der Waals surface area contributed by atoms with E-state index in [1.165, 1.54) is 19.1 Å². The first kappa shape index (κ1) is 13.2. The molecule has 0 bridgehead atoms. The van der Waals surface area contributed by atoms with E-state index in [-0.39, 0.29) is 22.8 Å². The van der Waals surface area contributed by atoms with Gasteiger partial charge in [0.2, 0.25) is 0 Å². The Kier molecular flexibility index (Phi) is 3.79. The number of hydrogen-bond acceptors (Lipinski definition) is 1. The Morgan fingerprint density at radius 3 is 2.61 bits per heavy atom. The van der Waals surface area contributed by atoms with Crippen molar-refractivity contribution < 1.29 is 13.6 Å². The lowest BCUT2D eigenvalue weighted by molar-refractivity contribution is 0.0914. The Hall–Kier alpha value is -1.25. The highest BCUT2D eigenvalue weighted by molar-refractivity contribution is 5.98. The van der Waals surface area contributed by atoms with Gasteiger partial charge in [0.15, 0.2) is 17.4 Å². The second-order valence-electron chi connectivity index (χ2n) is 5.21. The van der Waals surface area contributed by atoms with Crippen molar-refractivity contribution in [1.82, 2.24) is 0 Å². The number of benzene rings is 1. The van der Waals surface area contributed by atoms with E-state index < -0.39 is 11.6 Å². The fraction of sp³-hybridized carbons (Fsp3) is 0.533. The summed E-state index contributed by atoms with van der Waals surface area (Å²) in [5.74, 6) is -1.70. The quantitative estimate of drug-likeness (QED) is 0.734. The molecule has 0 aromatic heterocycles. The van der Waals surface area contributed by atoms with Crippen LogP contribution in [0.25, 0.3) is 0 Å². The molecule has 18 heavy (non-hydrogen) atoms. The molecular formula is C15H18F2O. The zero-order chi connectivity index (χ0) is 13.3. The van der Waals surface area contributed by atoms with Crippen LogP contribution in [-0.4, -0.2) is 5.78 Å². The van der Waals surface area contributed by atoms with E-state index in [1.54, 1.807) is 0 Å². The number of ketones is 1. The third-order valence-electron chi connectivity index (χ3n) is 4.03. The molecule has 0 N–H and O–H groups in total. The van der Waals surface area contributed by atoms with Gasteiger partial charge < -0.3 is 0 Å². The molecule has 1 aliphatic carbocycles. The molecule has 2 unspecified atom stereocenters. The molecule has 1 fully saturated rings. The zero-order valence-corrected chi connectivity index (χ0v) is 10.8. The zero-order valence-electron chi connectivity index (χ0n) is 10.8. The third kappa shape index (κ3) is 2.31. The van der Waals surface area contributed by atoms with Crippen LogP contribution in [-0.2, 0) is 0 Å². The molecule has 98 valence electrons. The van der Waals surface area contributed by atoms with Gasteiger partial charge in [-0.25, -0.2) is 8.78 Å². The van der Waals surface area contributed by atoms with Crippen LogP contribution in [0.1, 0.15) is 48.5 Å². The fourth-order valence-corrected chi connectivity index (χ4v) is 2.74. The first-order chi connectivity index (χ1) is 8.54. The number of hydrogen-bond donors (Lipinski definition) is 0. The molecular weight excluding hydrogens is 234 g/mol. The number of aryl methyl sites for hydroxylation is 1. The number of carbonyl (C=O) groups excluding carboxylic acids is 1. The van der Waals surface area contributed by atoms with E-state index in [0.29, 0.717) is 5.92 Å². The molecule has 1 aromatic carbocycles. The highest BCUT2D eigenvalue weighted by Gasteiger charge is 2.31. The largest absolute Gasteiger partial charge is 0.294 e. The average Bonchev–Trinajstić information content (AvgIpc) is 2.84. The van der Waals surface area contributed by atoms with Crippen molar-refractivity contribution in [3.05, 3.63) is 34.9 Å². The maximum atomic E-state index is 13.7. The fourth-order valence-electron chi connectivity index (χ4n) is 2.74. The summed E-state index contributed by atoms with van der Waals surface area (Å²) in [6, 6.07) is 2.88. The smallest absolute Gasteiger partial charge is 0.169 e. The lowest BCUT2D eigenvalue weighted by Crippen LogP contribution is -2.14. The second kappa shape index (κ2) is 5.17. The van der Waals surface area contributed by atoms with Crippen LogP contribution >= 0.6 is 0 Å². The van der Waals surface area contributed by atoms with Gasteiger partial charge in [0.05, 0.1) is 5.56 Å². The van der Waals surface area contributed by atoms with E-state index in [1.807, 2.05) is 0 Å². The molecule has 1 saturated carbocycles. The minimum Gasteiger partial charge on any atom is -0.294 e. The first-order valence-corrected chi connectivity index (χ1v) is 6.53. The molecule has 2 atom stereocenters. The average molecular weight is 252 g/mol. The summed E-state index contributed by atoms with van der Waals surface area (Å²) in [5.41, 5.74) is 0.154. The molecule has 0 radical (unpaired) electrons. The van der Waals surface area contributed by atoms with Gasteiger partial charge in [-0.15, -0.1) is 0 Å². The van der Waals surface area contributed by atoms with E-state index in [9.17, 15) is 13.6 Å². The van der Waals surface area contributed by atoms with E-state index in [2.05, 4.69) is 6.92 Å². The van der Waals surface area contributed by atoms with Gasteiger partial charge >= 0.3 is 0 Å². The van der Waals surface area contributed by atoms with Crippen LogP contribution < -0.4 is 0 Å². The monoisotopic (exact) mass is 252 g/mol. The van der Waals surface area contributed by atoms with Crippen LogP contribution in [0.4, 0.5) is 8.78 Å². The van der Waals surface area contributed by atoms with Crippen LogP contribution in [0.3, 0.4) is 0 Å². The maximum Gasteiger partial charge on any atom is 0.169 e. The van der Waals surface area contributed by atoms with Crippen LogP contribution in [0.5, 0.6) is 0 Å². The minimum atomic E-state index is -0.986. The molecule has 1 aliphatic rings. The van der Waals surface area contributed by atoms with Gasteiger partial charge in [-0.3, -0.25) is 4.79 Å².